The van der Waals surface area contributed by atoms with Gasteiger partial charge in [0, 0.05) is 13.0 Å². The molecule has 2 N–H and O–H groups in total. The Bertz CT molecular complexity index is 746. The van der Waals surface area contributed by atoms with Gasteiger partial charge < -0.3 is 19.7 Å². The van der Waals surface area contributed by atoms with E-state index in [0.717, 1.165) is 11.0 Å². The van der Waals surface area contributed by atoms with Gasteiger partial charge in [-0.1, -0.05) is 12.1 Å². The summed E-state index contributed by atoms with van der Waals surface area (Å²) in [6.07, 6.45) is -0.675. The van der Waals surface area contributed by atoms with Gasteiger partial charge in [-0.25, -0.2) is 14.6 Å². The molecule has 2 rings (SSSR count). The molecule has 24 heavy (non-hydrogen) atoms. The number of fused-ring (bicyclic) bond motifs is 1. The zero-order valence-corrected chi connectivity index (χ0v) is 14.4. The van der Waals surface area contributed by atoms with Crippen LogP contribution in [0.15, 0.2) is 24.3 Å². The number of aromatic nitrogens is 2. The maximum atomic E-state index is 11.9. The number of imidazole rings is 1. The number of benzene rings is 1. The van der Waals surface area contributed by atoms with Crippen LogP contribution < -0.4 is 5.32 Å². The Hall–Kier alpha value is -2.57. The number of aryl methyl sites for hydroxylation is 1. The number of carboxylic acid groups (broad SMARTS) is 1. The Morgan fingerprint density at radius 3 is 2.58 bits per heavy atom. The summed E-state index contributed by atoms with van der Waals surface area (Å²) < 4.78 is 7.08. The van der Waals surface area contributed by atoms with Crippen molar-refractivity contribution < 1.29 is 19.4 Å². The molecule has 1 atom stereocenters. The molecule has 1 aromatic heterocycles. The van der Waals surface area contributed by atoms with Crippen molar-refractivity contribution in [2.24, 2.45) is 0 Å². The van der Waals surface area contributed by atoms with Crippen molar-refractivity contribution in [3.63, 3.8) is 0 Å². The molecule has 130 valence electrons. The van der Waals surface area contributed by atoms with Crippen LogP contribution in [-0.4, -0.2) is 38.4 Å². The van der Waals surface area contributed by atoms with Gasteiger partial charge >= 0.3 is 12.1 Å². The lowest BCUT2D eigenvalue weighted by atomic mass is 10.2. The number of carboxylic acids is 1. The van der Waals surface area contributed by atoms with Gasteiger partial charge in [0.05, 0.1) is 11.0 Å². The number of nitrogens with one attached hydrogen (secondary N) is 1. The minimum atomic E-state index is -1.13. The number of carbonyl (C=O) groups is 2. The molecule has 0 radical (unpaired) electrons. The summed E-state index contributed by atoms with van der Waals surface area (Å²) in [4.78, 5) is 27.9. The molecule has 7 heteroatoms. The Balaban J connectivity index is 2.22. The smallest absolute Gasteiger partial charge is 0.408 e. The first-order valence-corrected chi connectivity index (χ1v) is 7.87. The first kappa shape index (κ1) is 17.8. The number of amides is 1. The standard InChI is InChI=1S/C17H23N3O4/c1-5-20-13-9-7-6-8-11(13)18-14(20)10-12(15(21)22)19-16(23)24-17(2,3)4/h6-9,12H,5,10H2,1-4H3,(H,19,23)(H,21,22). The predicted molar refractivity (Wildman–Crippen MR) is 89.9 cm³/mol. The van der Waals surface area contributed by atoms with Gasteiger partial charge in [0.25, 0.3) is 0 Å². The quantitative estimate of drug-likeness (QED) is 0.877. The van der Waals surface area contributed by atoms with E-state index in [9.17, 15) is 14.7 Å². The van der Waals surface area contributed by atoms with E-state index in [-0.39, 0.29) is 6.42 Å². The van der Waals surface area contributed by atoms with E-state index in [1.807, 2.05) is 35.8 Å². The highest BCUT2D eigenvalue weighted by atomic mass is 16.6. The van der Waals surface area contributed by atoms with Crippen LogP contribution in [0.5, 0.6) is 0 Å². The SMILES string of the molecule is CCn1c(CC(NC(=O)OC(C)(C)C)C(=O)O)nc2ccccc21. The van der Waals surface area contributed by atoms with Crippen molar-refractivity contribution in [1.82, 2.24) is 14.9 Å². The highest BCUT2D eigenvalue weighted by molar-refractivity contribution is 5.81. The first-order chi connectivity index (χ1) is 11.2. The minimum absolute atomic E-state index is 0.0805. The number of hydrogen-bond acceptors (Lipinski definition) is 4. The monoisotopic (exact) mass is 333 g/mol. The van der Waals surface area contributed by atoms with Crippen LogP contribution in [0.3, 0.4) is 0 Å². The van der Waals surface area contributed by atoms with E-state index in [1.54, 1.807) is 20.8 Å². The molecule has 0 aliphatic rings. The van der Waals surface area contributed by atoms with Gasteiger partial charge in [0.1, 0.15) is 17.5 Å². The number of nitrogens with zero attached hydrogens (tertiary/aromatic N) is 2. The molecule has 0 saturated heterocycles. The number of carbonyl (C=O) groups excluding carboxylic acids is 1. The van der Waals surface area contributed by atoms with Crippen molar-refractivity contribution in [2.75, 3.05) is 0 Å². The van der Waals surface area contributed by atoms with Gasteiger partial charge in [-0.3, -0.25) is 0 Å². The maximum Gasteiger partial charge on any atom is 0.408 e. The summed E-state index contributed by atoms with van der Waals surface area (Å²) in [6, 6.07) is 6.50. The summed E-state index contributed by atoms with van der Waals surface area (Å²) in [7, 11) is 0. The Labute approximate surface area is 140 Å². The van der Waals surface area contributed by atoms with Crippen molar-refractivity contribution in [3.8, 4) is 0 Å². The molecule has 0 bridgehead atoms. The third-order valence-electron chi connectivity index (χ3n) is 3.43. The van der Waals surface area contributed by atoms with Crippen molar-refractivity contribution in [3.05, 3.63) is 30.1 Å². The molecule has 1 heterocycles. The molecule has 2 aromatic rings. The molecule has 1 amide bonds. The van der Waals surface area contributed by atoms with E-state index in [0.29, 0.717) is 12.4 Å². The highest BCUT2D eigenvalue weighted by Gasteiger charge is 2.26. The Kier molecular flexibility index (Phi) is 5.11. The highest BCUT2D eigenvalue weighted by Crippen LogP contribution is 2.17. The molecule has 1 unspecified atom stereocenters. The third-order valence-corrected chi connectivity index (χ3v) is 3.43. The van der Waals surface area contributed by atoms with Crippen LogP contribution in [0.25, 0.3) is 11.0 Å². The van der Waals surface area contributed by atoms with Crippen LogP contribution in [0.2, 0.25) is 0 Å². The molecule has 0 fully saturated rings. The number of aliphatic carboxylic acids is 1. The molecule has 0 aliphatic heterocycles. The fraction of sp³-hybridized carbons (Fsp3) is 0.471. The molecule has 0 saturated carbocycles. The number of para-hydroxylation sites is 2. The average Bonchev–Trinajstić information content (AvgIpc) is 2.81. The fourth-order valence-electron chi connectivity index (χ4n) is 2.47. The minimum Gasteiger partial charge on any atom is -0.480 e. The zero-order chi connectivity index (χ0) is 17.9. The van der Waals surface area contributed by atoms with E-state index in [1.165, 1.54) is 0 Å². The number of rotatable bonds is 5. The van der Waals surface area contributed by atoms with E-state index >= 15 is 0 Å². The topological polar surface area (TPSA) is 93.5 Å². The average molecular weight is 333 g/mol. The Morgan fingerprint density at radius 1 is 1.33 bits per heavy atom. The van der Waals surface area contributed by atoms with Crippen LogP contribution >= 0.6 is 0 Å². The zero-order valence-electron chi connectivity index (χ0n) is 14.4. The number of ether oxygens (including phenoxy) is 1. The summed E-state index contributed by atoms with van der Waals surface area (Å²) in [6.45, 7) is 7.79. The van der Waals surface area contributed by atoms with Crippen LogP contribution in [0.4, 0.5) is 4.79 Å². The normalized spacial score (nSPS) is 12.8. The van der Waals surface area contributed by atoms with Crippen LogP contribution in [0, 0.1) is 0 Å². The lowest BCUT2D eigenvalue weighted by Gasteiger charge is -2.22. The summed E-state index contributed by atoms with van der Waals surface area (Å²) in [5, 5.41) is 11.8. The molecular weight excluding hydrogens is 310 g/mol. The number of alkyl carbamates (subject to hydrolysis) is 1. The molecule has 0 spiro atoms. The molecule has 0 aliphatic carbocycles. The second kappa shape index (κ2) is 6.90. The van der Waals surface area contributed by atoms with Crippen molar-refractivity contribution >= 4 is 23.1 Å². The lowest BCUT2D eigenvalue weighted by molar-refractivity contribution is -0.139. The second-order valence-corrected chi connectivity index (χ2v) is 6.50. The van der Waals surface area contributed by atoms with Gasteiger partial charge in [0.2, 0.25) is 0 Å². The maximum absolute atomic E-state index is 11.9. The predicted octanol–water partition coefficient (Wildman–Crippen LogP) is 2.58. The van der Waals surface area contributed by atoms with Crippen molar-refractivity contribution in [2.45, 2.75) is 52.3 Å². The van der Waals surface area contributed by atoms with Gasteiger partial charge in [-0.05, 0) is 39.8 Å². The largest absolute Gasteiger partial charge is 0.480 e. The summed E-state index contributed by atoms with van der Waals surface area (Å²) in [5.41, 5.74) is 1.05. The van der Waals surface area contributed by atoms with Crippen LogP contribution in [0.1, 0.15) is 33.5 Å². The summed E-state index contributed by atoms with van der Waals surface area (Å²) >= 11 is 0. The number of hydrogen-bond donors (Lipinski definition) is 2. The first-order valence-electron chi connectivity index (χ1n) is 7.87. The van der Waals surface area contributed by atoms with Crippen molar-refractivity contribution in [1.29, 1.82) is 0 Å². The van der Waals surface area contributed by atoms with E-state index in [2.05, 4.69) is 10.3 Å². The fourth-order valence-corrected chi connectivity index (χ4v) is 2.47. The van der Waals surface area contributed by atoms with Gasteiger partial charge in [-0.2, -0.15) is 0 Å². The van der Waals surface area contributed by atoms with Crippen LogP contribution in [-0.2, 0) is 22.5 Å². The molecule has 7 nitrogen and oxygen atoms in total. The van der Waals surface area contributed by atoms with E-state index < -0.39 is 23.7 Å². The van der Waals surface area contributed by atoms with Gasteiger partial charge in [0.15, 0.2) is 0 Å². The molecule has 1 aromatic carbocycles. The second-order valence-electron chi connectivity index (χ2n) is 6.50. The third kappa shape index (κ3) is 4.24. The Morgan fingerprint density at radius 2 is 2.00 bits per heavy atom. The van der Waals surface area contributed by atoms with Gasteiger partial charge in [-0.15, -0.1) is 0 Å². The van der Waals surface area contributed by atoms with E-state index in [4.69, 9.17) is 4.74 Å². The molecular formula is C17H23N3O4. The summed E-state index contributed by atoms with van der Waals surface area (Å²) in [5.74, 6) is -0.516. The lowest BCUT2D eigenvalue weighted by Crippen LogP contribution is -2.45.